The maximum atomic E-state index is 12.3. The van der Waals surface area contributed by atoms with Gasteiger partial charge in [-0.3, -0.25) is 0 Å². The van der Waals surface area contributed by atoms with Crippen LogP contribution in [0.2, 0.25) is 10.0 Å². The summed E-state index contributed by atoms with van der Waals surface area (Å²) in [4.78, 5) is 3.56. The Morgan fingerprint density at radius 2 is 1.63 bits per heavy atom. The molecule has 2 rings (SSSR count). The number of aromatic nitrogens is 1. The first-order valence-electron chi connectivity index (χ1n) is 5.03. The first kappa shape index (κ1) is 14.0. The summed E-state index contributed by atoms with van der Waals surface area (Å²) in [5.41, 5.74) is 0.327. The van der Waals surface area contributed by atoms with Crippen LogP contribution in [0.3, 0.4) is 0 Å². The second-order valence-corrected chi connectivity index (χ2v) is 4.31. The molecule has 19 heavy (non-hydrogen) atoms. The van der Waals surface area contributed by atoms with Gasteiger partial charge in [-0.2, -0.15) is 0 Å². The average molecular weight is 308 g/mol. The molecule has 0 bridgehead atoms. The molecule has 1 heterocycles. The van der Waals surface area contributed by atoms with Gasteiger partial charge in [0.1, 0.15) is 0 Å². The highest BCUT2D eigenvalue weighted by atomic mass is 35.5. The van der Waals surface area contributed by atoms with Crippen LogP contribution >= 0.6 is 23.2 Å². The Morgan fingerprint density at radius 3 is 2.21 bits per heavy atom. The standard InChI is InChI=1S/C12H6Cl2F3NO/c13-8-4-1-5-9(14)10(8)7-3-2-6-18-11(7)19-12(15,16)17/h1-6H. The Balaban J connectivity index is 2.57. The largest absolute Gasteiger partial charge is 0.574 e. The topological polar surface area (TPSA) is 22.1 Å². The molecule has 0 unspecified atom stereocenters. The van der Waals surface area contributed by atoms with Crippen molar-refractivity contribution in [2.75, 3.05) is 0 Å². The molecule has 0 atom stereocenters. The van der Waals surface area contributed by atoms with Gasteiger partial charge in [-0.1, -0.05) is 29.3 Å². The number of pyridine rings is 1. The molecule has 100 valence electrons. The predicted octanol–water partition coefficient (Wildman–Crippen LogP) is 4.95. The molecule has 0 aliphatic carbocycles. The lowest BCUT2D eigenvalue weighted by molar-refractivity contribution is -0.275. The molecule has 0 saturated heterocycles. The zero-order valence-electron chi connectivity index (χ0n) is 9.21. The Morgan fingerprint density at radius 1 is 1.00 bits per heavy atom. The van der Waals surface area contributed by atoms with E-state index in [1.807, 2.05) is 0 Å². The van der Waals surface area contributed by atoms with Gasteiger partial charge in [0.05, 0.1) is 10.0 Å². The number of nitrogens with zero attached hydrogens (tertiary/aromatic N) is 1. The summed E-state index contributed by atoms with van der Waals surface area (Å²) in [7, 11) is 0. The zero-order valence-corrected chi connectivity index (χ0v) is 10.7. The number of benzene rings is 1. The van der Waals surface area contributed by atoms with Gasteiger partial charge in [0.15, 0.2) is 0 Å². The van der Waals surface area contributed by atoms with Gasteiger partial charge in [0.25, 0.3) is 0 Å². The molecule has 0 aliphatic rings. The van der Waals surface area contributed by atoms with Crippen molar-refractivity contribution in [3.63, 3.8) is 0 Å². The molecule has 1 aromatic heterocycles. The van der Waals surface area contributed by atoms with Crippen molar-refractivity contribution in [1.29, 1.82) is 0 Å². The quantitative estimate of drug-likeness (QED) is 0.783. The van der Waals surface area contributed by atoms with Gasteiger partial charge >= 0.3 is 6.36 Å². The molecule has 2 aromatic rings. The normalized spacial score (nSPS) is 11.4. The Bertz CT molecular complexity index is 582. The second kappa shape index (κ2) is 5.27. The third-order valence-corrected chi connectivity index (χ3v) is 2.85. The summed E-state index contributed by atoms with van der Waals surface area (Å²) in [5.74, 6) is -0.593. The summed E-state index contributed by atoms with van der Waals surface area (Å²) in [5, 5.41) is 0.431. The number of rotatable bonds is 2. The van der Waals surface area contributed by atoms with Gasteiger partial charge in [-0.15, -0.1) is 13.2 Å². The number of ether oxygens (including phenoxy) is 1. The lowest BCUT2D eigenvalue weighted by Crippen LogP contribution is -2.18. The summed E-state index contributed by atoms with van der Waals surface area (Å²) in [6.45, 7) is 0. The van der Waals surface area contributed by atoms with E-state index in [2.05, 4.69) is 9.72 Å². The number of alkyl halides is 3. The second-order valence-electron chi connectivity index (χ2n) is 3.50. The minimum atomic E-state index is -4.84. The molecular formula is C12H6Cl2F3NO. The number of hydrogen-bond donors (Lipinski definition) is 0. The third-order valence-electron chi connectivity index (χ3n) is 2.22. The molecule has 7 heteroatoms. The highest BCUT2D eigenvalue weighted by Gasteiger charge is 2.33. The smallest absolute Gasteiger partial charge is 0.387 e. The molecular weight excluding hydrogens is 302 g/mol. The van der Waals surface area contributed by atoms with E-state index in [1.165, 1.54) is 30.5 Å². The first-order chi connectivity index (χ1) is 8.88. The molecule has 0 aliphatic heterocycles. The lowest BCUT2D eigenvalue weighted by atomic mass is 10.1. The minimum absolute atomic E-state index is 0.0791. The van der Waals surface area contributed by atoms with Crippen LogP contribution in [0.15, 0.2) is 36.5 Å². The molecule has 1 aromatic carbocycles. The Kier molecular flexibility index (Phi) is 3.87. The number of halogens is 5. The van der Waals surface area contributed by atoms with Crippen molar-refractivity contribution in [3.05, 3.63) is 46.6 Å². The van der Waals surface area contributed by atoms with Crippen molar-refractivity contribution in [1.82, 2.24) is 4.98 Å². The summed E-state index contributed by atoms with van der Waals surface area (Å²) < 4.78 is 40.8. The van der Waals surface area contributed by atoms with Crippen LogP contribution in [0.5, 0.6) is 5.88 Å². The lowest BCUT2D eigenvalue weighted by Gasteiger charge is -2.13. The molecule has 0 amide bonds. The maximum Gasteiger partial charge on any atom is 0.574 e. The maximum absolute atomic E-state index is 12.3. The monoisotopic (exact) mass is 307 g/mol. The van der Waals surface area contributed by atoms with Gasteiger partial charge < -0.3 is 4.74 Å². The highest BCUT2D eigenvalue weighted by Crippen LogP contribution is 2.39. The van der Waals surface area contributed by atoms with Crippen LogP contribution < -0.4 is 4.74 Å². The van der Waals surface area contributed by atoms with Gasteiger partial charge in [-0.25, -0.2) is 4.98 Å². The third kappa shape index (κ3) is 3.30. The van der Waals surface area contributed by atoms with Crippen molar-refractivity contribution in [3.8, 4) is 17.0 Å². The van der Waals surface area contributed by atoms with E-state index in [9.17, 15) is 13.2 Å². The highest BCUT2D eigenvalue weighted by molar-refractivity contribution is 6.39. The van der Waals surface area contributed by atoms with E-state index in [-0.39, 0.29) is 21.2 Å². The van der Waals surface area contributed by atoms with E-state index >= 15 is 0 Å². The van der Waals surface area contributed by atoms with Crippen LogP contribution in [-0.4, -0.2) is 11.3 Å². The number of hydrogen-bond acceptors (Lipinski definition) is 2. The van der Waals surface area contributed by atoms with Crippen molar-refractivity contribution < 1.29 is 17.9 Å². The zero-order chi connectivity index (χ0) is 14.0. The van der Waals surface area contributed by atoms with E-state index in [0.29, 0.717) is 0 Å². The van der Waals surface area contributed by atoms with E-state index in [0.717, 1.165) is 0 Å². The van der Waals surface area contributed by atoms with Crippen molar-refractivity contribution in [2.24, 2.45) is 0 Å². The van der Waals surface area contributed by atoms with Crippen LogP contribution in [0.25, 0.3) is 11.1 Å². The van der Waals surface area contributed by atoms with Gasteiger partial charge in [-0.05, 0) is 24.3 Å². The van der Waals surface area contributed by atoms with E-state index in [4.69, 9.17) is 23.2 Å². The van der Waals surface area contributed by atoms with E-state index in [1.54, 1.807) is 6.07 Å². The van der Waals surface area contributed by atoms with Crippen molar-refractivity contribution in [2.45, 2.75) is 6.36 Å². The Hall–Kier alpha value is -1.46. The predicted molar refractivity (Wildman–Crippen MR) is 66.4 cm³/mol. The van der Waals surface area contributed by atoms with Gasteiger partial charge in [0, 0.05) is 17.3 Å². The fourth-order valence-electron chi connectivity index (χ4n) is 1.53. The van der Waals surface area contributed by atoms with Crippen LogP contribution in [0.1, 0.15) is 0 Å². The molecule has 0 fully saturated rings. The van der Waals surface area contributed by atoms with Crippen LogP contribution in [0, 0.1) is 0 Å². The summed E-state index contributed by atoms with van der Waals surface area (Å²) >= 11 is 11.9. The molecule has 0 N–H and O–H groups in total. The van der Waals surface area contributed by atoms with Crippen LogP contribution in [0.4, 0.5) is 13.2 Å². The SMILES string of the molecule is FC(F)(F)Oc1ncccc1-c1c(Cl)cccc1Cl. The molecule has 0 saturated carbocycles. The summed E-state index contributed by atoms with van der Waals surface area (Å²) in [6.07, 6.45) is -3.65. The van der Waals surface area contributed by atoms with Crippen molar-refractivity contribution >= 4 is 23.2 Å². The van der Waals surface area contributed by atoms with E-state index < -0.39 is 12.2 Å². The Labute approximate surface area is 116 Å². The fourth-order valence-corrected chi connectivity index (χ4v) is 2.13. The fraction of sp³-hybridized carbons (Fsp3) is 0.0833. The molecule has 2 nitrogen and oxygen atoms in total. The molecule has 0 spiro atoms. The first-order valence-corrected chi connectivity index (χ1v) is 5.79. The average Bonchev–Trinajstić information content (AvgIpc) is 2.29. The molecule has 0 radical (unpaired) electrons. The summed E-state index contributed by atoms with van der Waals surface area (Å²) in [6, 6.07) is 7.51. The van der Waals surface area contributed by atoms with Crippen LogP contribution in [-0.2, 0) is 0 Å². The minimum Gasteiger partial charge on any atom is -0.387 e. The van der Waals surface area contributed by atoms with Gasteiger partial charge in [0.2, 0.25) is 5.88 Å².